The van der Waals surface area contributed by atoms with E-state index in [0.29, 0.717) is 10.7 Å². The van der Waals surface area contributed by atoms with Crippen LogP contribution in [0.4, 0.5) is 10.5 Å². The van der Waals surface area contributed by atoms with E-state index < -0.39 is 6.09 Å². The number of halogens is 1. The van der Waals surface area contributed by atoms with Crippen LogP contribution < -0.4 is 5.32 Å². The molecule has 0 aliphatic carbocycles. The Labute approximate surface area is 115 Å². The summed E-state index contributed by atoms with van der Waals surface area (Å²) in [6, 6.07) is 16.0. The topological polar surface area (TPSA) is 50.7 Å². The number of hydrogen-bond donors (Lipinski definition) is 1. The minimum atomic E-state index is -0.642. The molecule has 0 unspecified atom stereocenters. The number of rotatable bonds is 3. The van der Waals surface area contributed by atoms with Crippen molar-refractivity contribution in [1.82, 2.24) is 0 Å². The highest BCUT2D eigenvalue weighted by Crippen LogP contribution is 2.08. The van der Waals surface area contributed by atoms with Gasteiger partial charge in [-0.25, -0.2) is 4.79 Å². The third kappa shape index (κ3) is 4.44. The summed E-state index contributed by atoms with van der Waals surface area (Å²) in [5.41, 5.74) is 1.44. The molecule has 1 N–H and O–H groups in total. The van der Waals surface area contributed by atoms with Crippen LogP contribution in [-0.4, -0.2) is 12.3 Å². The first kappa shape index (κ1) is 13.1. The fraction of sp³-hybridized carbons (Fsp3) is 0. The van der Waals surface area contributed by atoms with E-state index in [2.05, 4.69) is 15.3 Å². The first-order chi connectivity index (χ1) is 9.24. The summed E-state index contributed by atoms with van der Waals surface area (Å²) in [5.74, 6) is 0. The van der Waals surface area contributed by atoms with Crippen molar-refractivity contribution in [2.24, 2.45) is 5.16 Å². The number of para-hydroxylation sites is 1. The molecule has 0 saturated carbocycles. The van der Waals surface area contributed by atoms with Crippen molar-refractivity contribution >= 4 is 29.6 Å². The number of oxime groups is 1. The van der Waals surface area contributed by atoms with Gasteiger partial charge in [-0.1, -0.05) is 47.1 Å². The Hall–Kier alpha value is -2.33. The molecule has 4 nitrogen and oxygen atoms in total. The van der Waals surface area contributed by atoms with Gasteiger partial charge in [0.05, 0.1) is 6.21 Å². The Morgan fingerprint density at radius 3 is 2.47 bits per heavy atom. The Morgan fingerprint density at radius 2 is 1.79 bits per heavy atom. The molecular formula is C14H11ClN2O2. The lowest BCUT2D eigenvalue weighted by Crippen LogP contribution is -2.10. The Morgan fingerprint density at radius 1 is 1.11 bits per heavy atom. The maximum atomic E-state index is 11.4. The standard InChI is InChI=1S/C14H11ClN2O2/c15-12-8-6-11(7-9-12)10-16-19-14(18)17-13-4-2-1-3-5-13/h1-10H,(H,17,18)/b16-10-. The van der Waals surface area contributed by atoms with Crippen molar-refractivity contribution < 1.29 is 9.63 Å². The van der Waals surface area contributed by atoms with Gasteiger partial charge in [-0.05, 0) is 29.8 Å². The maximum Gasteiger partial charge on any atom is 0.437 e. The summed E-state index contributed by atoms with van der Waals surface area (Å²) >= 11 is 5.75. The van der Waals surface area contributed by atoms with Crippen molar-refractivity contribution in [3.8, 4) is 0 Å². The third-order valence-electron chi connectivity index (χ3n) is 2.23. The minimum absolute atomic E-state index is 0.639. The van der Waals surface area contributed by atoms with Crippen LogP contribution in [0.3, 0.4) is 0 Å². The van der Waals surface area contributed by atoms with E-state index >= 15 is 0 Å². The van der Waals surface area contributed by atoms with Crippen LogP contribution in [0.15, 0.2) is 59.8 Å². The van der Waals surface area contributed by atoms with Gasteiger partial charge in [0.15, 0.2) is 0 Å². The molecule has 2 aromatic carbocycles. The molecule has 5 heteroatoms. The summed E-state index contributed by atoms with van der Waals surface area (Å²) in [7, 11) is 0. The Bertz CT molecular complexity index is 568. The second-order valence-electron chi connectivity index (χ2n) is 3.66. The van der Waals surface area contributed by atoms with Gasteiger partial charge in [0.1, 0.15) is 0 Å². The predicted octanol–water partition coefficient (Wildman–Crippen LogP) is 3.92. The molecule has 2 aromatic rings. The van der Waals surface area contributed by atoms with E-state index in [0.717, 1.165) is 5.56 Å². The molecule has 1 amide bonds. The van der Waals surface area contributed by atoms with Gasteiger partial charge >= 0.3 is 6.09 Å². The highest BCUT2D eigenvalue weighted by Gasteiger charge is 2.00. The summed E-state index contributed by atoms with van der Waals surface area (Å²) in [4.78, 5) is 16.1. The number of carbonyl (C=O) groups is 1. The number of amides is 1. The van der Waals surface area contributed by atoms with Crippen molar-refractivity contribution in [3.63, 3.8) is 0 Å². The number of carbonyl (C=O) groups excluding carboxylic acids is 1. The molecule has 0 saturated heterocycles. The van der Waals surface area contributed by atoms with Crippen molar-refractivity contribution in [2.75, 3.05) is 5.32 Å². The highest BCUT2D eigenvalue weighted by molar-refractivity contribution is 6.30. The van der Waals surface area contributed by atoms with Gasteiger partial charge in [-0.3, -0.25) is 10.2 Å². The van der Waals surface area contributed by atoms with E-state index in [4.69, 9.17) is 11.6 Å². The van der Waals surface area contributed by atoms with Crippen molar-refractivity contribution in [3.05, 3.63) is 65.2 Å². The molecule has 0 fully saturated rings. The van der Waals surface area contributed by atoms with Gasteiger partial charge in [0, 0.05) is 10.7 Å². The van der Waals surface area contributed by atoms with E-state index in [1.54, 1.807) is 36.4 Å². The molecule has 19 heavy (non-hydrogen) atoms. The van der Waals surface area contributed by atoms with Crippen LogP contribution in [0.25, 0.3) is 0 Å². The predicted molar refractivity (Wildman–Crippen MR) is 75.6 cm³/mol. The third-order valence-corrected chi connectivity index (χ3v) is 2.48. The molecule has 0 heterocycles. The molecule has 0 atom stereocenters. The van der Waals surface area contributed by atoms with Crippen LogP contribution in [0.2, 0.25) is 5.02 Å². The van der Waals surface area contributed by atoms with Gasteiger partial charge in [-0.2, -0.15) is 0 Å². The number of hydrogen-bond acceptors (Lipinski definition) is 3. The van der Waals surface area contributed by atoms with Gasteiger partial charge in [0.25, 0.3) is 0 Å². The fourth-order valence-corrected chi connectivity index (χ4v) is 1.47. The minimum Gasteiger partial charge on any atom is -0.298 e. The van der Waals surface area contributed by atoms with E-state index in [9.17, 15) is 4.79 Å². The zero-order valence-corrected chi connectivity index (χ0v) is 10.7. The lowest BCUT2D eigenvalue weighted by Gasteiger charge is -2.01. The molecular weight excluding hydrogens is 264 g/mol. The molecule has 0 aliphatic heterocycles. The van der Waals surface area contributed by atoms with Gasteiger partial charge in [-0.15, -0.1) is 0 Å². The average molecular weight is 275 g/mol. The highest BCUT2D eigenvalue weighted by atomic mass is 35.5. The quantitative estimate of drug-likeness (QED) is 0.524. The number of anilines is 1. The van der Waals surface area contributed by atoms with E-state index in [-0.39, 0.29) is 0 Å². The molecule has 2 rings (SSSR count). The monoisotopic (exact) mass is 274 g/mol. The molecule has 0 bridgehead atoms. The van der Waals surface area contributed by atoms with Crippen LogP contribution in [0, 0.1) is 0 Å². The summed E-state index contributed by atoms with van der Waals surface area (Å²) in [6.07, 6.45) is 0.789. The lowest BCUT2D eigenvalue weighted by atomic mass is 10.2. The zero-order chi connectivity index (χ0) is 13.5. The summed E-state index contributed by atoms with van der Waals surface area (Å²) in [5, 5.41) is 6.77. The van der Waals surface area contributed by atoms with E-state index in [1.165, 1.54) is 6.21 Å². The fourth-order valence-electron chi connectivity index (χ4n) is 1.35. The molecule has 0 aliphatic rings. The largest absolute Gasteiger partial charge is 0.437 e. The van der Waals surface area contributed by atoms with Crippen LogP contribution >= 0.6 is 11.6 Å². The first-order valence-electron chi connectivity index (χ1n) is 5.56. The molecule has 0 aromatic heterocycles. The normalized spacial score (nSPS) is 10.4. The van der Waals surface area contributed by atoms with Crippen LogP contribution in [0.5, 0.6) is 0 Å². The summed E-state index contributed by atoms with van der Waals surface area (Å²) < 4.78 is 0. The second kappa shape index (κ2) is 6.56. The van der Waals surface area contributed by atoms with Crippen molar-refractivity contribution in [1.29, 1.82) is 0 Å². The summed E-state index contributed by atoms with van der Waals surface area (Å²) in [6.45, 7) is 0. The van der Waals surface area contributed by atoms with Crippen LogP contribution in [-0.2, 0) is 4.84 Å². The molecule has 96 valence electrons. The molecule has 0 spiro atoms. The van der Waals surface area contributed by atoms with Gasteiger partial charge in [0.2, 0.25) is 0 Å². The van der Waals surface area contributed by atoms with Gasteiger partial charge < -0.3 is 0 Å². The SMILES string of the molecule is O=C(Nc1ccccc1)O/N=C\c1ccc(Cl)cc1. The number of benzene rings is 2. The number of nitrogens with zero attached hydrogens (tertiary/aromatic N) is 1. The lowest BCUT2D eigenvalue weighted by molar-refractivity contribution is 0.167. The number of nitrogens with one attached hydrogen (secondary N) is 1. The Kier molecular flexibility index (Phi) is 4.53. The van der Waals surface area contributed by atoms with Crippen molar-refractivity contribution in [2.45, 2.75) is 0 Å². The van der Waals surface area contributed by atoms with Crippen LogP contribution in [0.1, 0.15) is 5.56 Å². The zero-order valence-electron chi connectivity index (χ0n) is 9.92. The average Bonchev–Trinajstić information content (AvgIpc) is 2.42. The van der Waals surface area contributed by atoms with E-state index in [1.807, 2.05) is 18.2 Å². The molecule has 0 radical (unpaired) electrons. The first-order valence-corrected chi connectivity index (χ1v) is 5.94. The maximum absolute atomic E-state index is 11.4. The Balaban J connectivity index is 1.85. The smallest absolute Gasteiger partial charge is 0.298 e. The second-order valence-corrected chi connectivity index (χ2v) is 4.09.